The lowest BCUT2D eigenvalue weighted by Crippen LogP contribution is -2.47. The Kier molecular flexibility index (Phi) is 4.84. The number of rotatable bonds is 4. The van der Waals surface area contributed by atoms with Gasteiger partial charge in [-0.2, -0.15) is 0 Å². The Labute approximate surface area is 129 Å². The lowest BCUT2D eigenvalue weighted by molar-refractivity contribution is -0.142. The minimum Gasteiger partial charge on any atom is -0.481 e. The minimum absolute atomic E-state index is 0.0332. The van der Waals surface area contributed by atoms with Crippen LogP contribution < -0.4 is 5.32 Å². The second-order valence-electron chi connectivity index (χ2n) is 6.47. The van der Waals surface area contributed by atoms with Gasteiger partial charge >= 0.3 is 5.97 Å². The van der Waals surface area contributed by atoms with E-state index in [-0.39, 0.29) is 17.9 Å². The van der Waals surface area contributed by atoms with Gasteiger partial charge in [0, 0.05) is 11.6 Å². The van der Waals surface area contributed by atoms with Crippen LogP contribution in [0.1, 0.15) is 45.1 Å². The molecular formula is C17H22FNO3. The quantitative estimate of drug-likeness (QED) is 0.899. The average molecular weight is 307 g/mol. The van der Waals surface area contributed by atoms with E-state index in [9.17, 15) is 14.0 Å². The Bertz CT molecular complexity index is 563. The fourth-order valence-corrected chi connectivity index (χ4v) is 2.94. The predicted molar refractivity (Wildman–Crippen MR) is 81.0 cm³/mol. The summed E-state index contributed by atoms with van der Waals surface area (Å²) in [6.07, 6.45) is 2.44. The van der Waals surface area contributed by atoms with Crippen LogP contribution in [0, 0.1) is 11.7 Å². The third kappa shape index (κ3) is 3.46. The molecule has 0 aromatic heterocycles. The maximum Gasteiger partial charge on any atom is 0.306 e. The van der Waals surface area contributed by atoms with Crippen molar-refractivity contribution in [2.45, 2.75) is 51.0 Å². The summed E-state index contributed by atoms with van der Waals surface area (Å²) in [6, 6.07) is 6.25. The van der Waals surface area contributed by atoms with Crippen LogP contribution in [-0.2, 0) is 15.0 Å². The monoisotopic (exact) mass is 307 g/mol. The normalized spacial score (nSPS) is 22.1. The van der Waals surface area contributed by atoms with Crippen LogP contribution in [0.2, 0.25) is 0 Å². The summed E-state index contributed by atoms with van der Waals surface area (Å²) in [5.74, 6) is -1.70. The summed E-state index contributed by atoms with van der Waals surface area (Å²) in [4.78, 5) is 23.4. The number of amides is 1. The van der Waals surface area contributed by atoms with Gasteiger partial charge in [0.1, 0.15) is 5.82 Å². The number of hydrogen-bond donors (Lipinski definition) is 2. The third-order valence-corrected chi connectivity index (χ3v) is 4.53. The SMILES string of the molecule is CC(C)(C(=O)NC1CCC(C(=O)O)CC1)c1ccccc1F. The highest BCUT2D eigenvalue weighted by Crippen LogP contribution is 2.28. The van der Waals surface area contributed by atoms with E-state index in [4.69, 9.17) is 5.11 Å². The van der Waals surface area contributed by atoms with Crippen molar-refractivity contribution in [2.24, 2.45) is 5.92 Å². The average Bonchev–Trinajstić information content (AvgIpc) is 2.48. The molecule has 22 heavy (non-hydrogen) atoms. The van der Waals surface area contributed by atoms with Crippen molar-refractivity contribution < 1.29 is 19.1 Å². The van der Waals surface area contributed by atoms with Crippen LogP contribution in [0.15, 0.2) is 24.3 Å². The van der Waals surface area contributed by atoms with Crippen molar-refractivity contribution >= 4 is 11.9 Å². The van der Waals surface area contributed by atoms with Crippen molar-refractivity contribution in [3.05, 3.63) is 35.6 Å². The predicted octanol–water partition coefficient (Wildman–Crippen LogP) is 2.86. The first-order valence-electron chi connectivity index (χ1n) is 7.61. The summed E-state index contributed by atoms with van der Waals surface area (Å²) in [5, 5.41) is 11.9. The molecule has 2 rings (SSSR count). The highest BCUT2D eigenvalue weighted by atomic mass is 19.1. The molecule has 2 N–H and O–H groups in total. The standard InChI is InChI=1S/C17H22FNO3/c1-17(2,13-5-3-4-6-14(13)18)16(22)19-12-9-7-11(8-10-12)15(20)21/h3-6,11-12H,7-10H2,1-2H3,(H,19,22)(H,20,21). The van der Waals surface area contributed by atoms with Crippen LogP contribution in [0.25, 0.3) is 0 Å². The van der Waals surface area contributed by atoms with Crippen molar-refractivity contribution in [1.82, 2.24) is 5.32 Å². The van der Waals surface area contributed by atoms with E-state index in [0.29, 0.717) is 31.2 Å². The number of carbonyl (C=O) groups is 2. The zero-order chi connectivity index (χ0) is 16.3. The molecule has 0 heterocycles. The Morgan fingerprint density at radius 3 is 2.32 bits per heavy atom. The number of carboxylic acids is 1. The lowest BCUT2D eigenvalue weighted by atomic mass is 9.81. The molecule has 1 aliphatic carbocycles. The van der Waals surface area contributed by atoms with E-state index in [2.05, 4.69) is 5.32 Å². The van der Waals surface area contributed by atoms with Gasteiger partial charge in [0.15, 0.2) is 0 Å². The molecule has 120 valence electrons. The topological polar surface area (TPSA) is 66.4 Å². The summed E-state index contributed by atoms with van der Waals surface area (Å²) in [5.41, 5.74) is -0.596. The molecule has 5 heteroatoms. The lowest BCUT2D eigenvalue weighted by Gasteiger charge is -2.31. The number of carbonyl (C=O) groups excluding carboxylic acids is 1. The zero-order valence-corrected chi connectivity index (χ0v) is 12.9. The first-order chi connectivity index (χ1) is 10.3. The highest BCUT2D eigenvalue weighted by molar-refractivity contribution is 5.87. The number of benzene rings is 1. The number of aliphatic carboxylic acids is 1. The molecule has 1 saturated carbocycles. The van der Waals surface area contributed by atoms with Crippen molar-refractivity contribution in [1.29, 1.82) is 0 Å². The molecule has 0 spiro atoms. The highest BCUT2D eigenvalue weighted by Gasteiger charge is 2.35. The van der Waals surface area contributed by atoms with Crippen molar-refractivity contribution in [3.8, 4) is 0 Å². The van der Waals surface area contributed by atoms with Gasteiger partial charge in [0.25, 0.3) is 0 Å². The first kappa shape index (κ1) is 16.5. The van der Waals surface area contributed by atoms with Gasteiger partial charge in [-0.05, 0) is 45.6 Å². The molecule has 1 aromatic carbocycles. The third-order valence-electron chi connectivity index (χ3n) is 4.53. The molecule has 1 aliphatic rings. The molecule has 0 aliphatic heterocycles. The van der Waals surface area contributed by atoms with E-state index < -0.39 is 17.2 Å². The Hall–Kier alpha value is -1.91. The molecule has 1 fully saturated rings. The zero-order valence-electron chi connectivity index (χ0n) is 12.9. The Balaban J connectivity index is 2.00. The van der Waals surface area contributed by atoms with Crippen LogP contribution in [0.4, 0.5) is 4.39 Å². The Morgan fingerprint density at radius 1 is 1.18 bits per heavy atom. The smallest absolute Gasteiger partial charge is 0.306 e. The number of halogens is 1. The van der Waals surface area contributed by atoms with E-state index in [1.165, 1.54) is 6.07 Å². The van der Waals surface area contributed by atoms with Gasteiger partial charge in [-0.1, -0.05) is 18.2 Å². The first-order valence-corrected chi connectivity index (χ1v) is 7.61. The molecule has 0 unspecified atom stereocenters. The largest absolute Gasteiger partial charge is 0.481 e. The van der Waals surface area contributed by atoms with Crippen LogP contribution >= 0.6 is 0 Å². The molecule has 1 amide bonds. The molecular weight excluding hydrogens is 285 g/mol. The van der Waals surface area contributed by atoms with E-state index in [1.807, 2.05) is 0 Å². The fraction of sp³-hybridized carbons (Fsp3) is 0.529. The van der Waals surface area contributed by atoms with E-state index in [0.717, 1.165) is 0 Å². The second kappa shape index (κ2) is 6.46. The molecule has 0 radical (unpaired) electrons. The van der Waals surface area contributed by atoms with Crippen LogP contribution in [-0.4, -0.2) is 23.0 Å². The molecule has 0 atom stereocenters. The molecule has 4 nitrogen and oxygen atoms in total. The van der Waals surface area contributed by atoms with Gasteiger partial charge in [0.05, 0.1) is 11.3 Å². The maximum atomic E-state index is 13.9. The molecule has 1 aromatic rings. The van der Waals surface area contributed by atoms with Crippen LogP contribution in [0.3, 0.4) is 0 Å². The minimum atomic E-state index is -0.963. The maximum absolute atomic E-state index is 13.9. The summed E-state index contributed by atoms with van der Waals surface area (Å²) >= 11 is 0. The number of hydrogen-bond acceptors (Lipinski definition) is 2. The number of nitrogens with one attached hydrogen (secondary N) is 1. The number of carboxylic acid groups (broad SMARTS) is 1. The van der Waals surface area contributed by atoms with Gasteiger partial charge in [-0.25, -0.2) is 4.39 Å². The van der Waals surface area contributed by atoms with Gasteiger partial charge in [-0.15, -0.1) is 0 Å². The molecule has 0 saturated heterocycles. The van der Waals surface area contributed by atoms with Gasteiger partial charge in [0.2, 0.25) is 5.91 Å². The van der Waals surface area contributed by atoms with Crippen molar-refractivity contribution in [3.63, 3.8) is 0 Å². The van der Waals surface area contributed by atoms with Crippen molar-refractivity contribution in [2.75, 3.05) is 0 Å². The van der Waals surface area contributed by atoms with Gasteiger partial charge in [-0.3, -0.25) is 9.59 Å². The Morgan fingerprint density at radius 2 is 1.77 bits per heavy atom. The van der Waals surface area contributed by atoms with E-state index in [1.54, 1.807) is 32.0 Å². The summed E-state index contributed by atoms with van der Waals surface area (Å²) in [7, 11) is 0. The molecule has 0 bridgehead atoms. The summed E-state index contributed by atoms with van der Waals surface area (Å²) in [6.45, 7) is 3.40. The van der Waals surface area contributed by atoms with Gasteiger partial charge < -0.3 is 10.4 Å². The summed E-state index contributed by atoms with van der Waals surface area (Å²) < 4.78 is 13.9. The van der Waals surface area contributed by atoms with E-state index >= 15 is 0 Å². The van der Waals surface area contributed by atoms with Crippen LogP contribution in [0.5, 0.6) is 0 Å². The fourth-order valence-electron chi connectivity index (χ4n) is 2.94. The second-order valence-corrected chi connectivity index (χ2v) is 6.47.